The van der Waals surface area contributed by atoms with Crippen LogP contribution in [0.3, 0.4) is 0 Å². The fourth-order valence-electron chi connectivity index (χ4n) is 2.85. The van der Waals surface area contributed by atoms with Crippen molar-refractivity contribution < 1.29 is 9.59 Å². The molecule has 0 heterocycles. The molecule has 0 aromatic carbocycles. The van der Waals surface area contributed by atoms with Crippen LogP contribution in [0.4, 0.5) is 0 Å². The average molecular weight is 341 g/mol. The number of nitrogens with one attached hydrogen (secondary N) is 2. The van der Waals surface area contributed by atoms with Gasteiger partial charge in [-0.25, -0.2) is 0 Å². The molecule has 4 nitrogen and oxygen atoms in total. The Morgan fingerprint density at radius 1 is 0.833 bits per heavy atom. The first-order valence-electron chi connectivity index (χ1n) is 10.0. The highest BCUT2D eigenvalue weighted by atomic mass is 16.1. The van der Waals surface area contributed by atoms with Crippen molar-refractivity contribution in [3.8, 4) is 0 Å². The maximum Gasteiger partial charge on any atom is 0.149 e. The van der Waals surface area contributed by atoms with Gasteiger partial charge in [0.05, 0.1) is 6.04 Å². The summed E-state index contributed by atoms with van der Waals surface area (Å²) in [6.45, 7) is 6.11. The molecule has 0 rings (SSSR count). The zero-order valence-electron chi connectivity index (χ0n) is 16.3. The van der Waals surface area contributed by atoms with Crippen molar-refractivity contribution in [2.75, 3.05) is 20.1 Å². The van der Waals surface area contributed by atoms with Crippen LogP contribution in [-0.2, 0) is 9.59 Å². The topological polar surface area (TPSA) is 58.2 Å². The lowest BCUT2D eigenvalue weighted by Gasteiger charge is -2.14. The van der Waals surface area contributed by atoms with E-state index < -0.39 is 0 Å². The smallest absolute Gasteiger partial charge is 0.149 e. The van der Waals surface area contributed by atoms with Crippen molar-refractivity contribution in [2.45, 2.75) is 96.9 Å². The summed E-state index contributed by atoms with van der Waals surface area (Å²) in [5.41, 5.74) is 0. The third-order valence-electron chi connectivity index (χ3n) is 4.51. The summed E-state index contributed by atoms with van der Waals surface area (Å²) in [7, 11) is 1.81. The molecule has 0 saturated carbocycles. The van der Waals surface area contributed by atoms with E-state index in [1.165, 1.54) is 44.9 Å². The molecule has 0 fully saturated rings. The van der Waals surface area contributed by atoms with Crippen LogP contribution in [0, 0.1) is 0 Å². The number of hydrogen-bond donors (Lipinski definition) is 2. The molecule has 0 aromatic rings. The number of carbonyl (C=O) groups excluding carboxylic acids is 2. The van der Waals surface area contributed by atoms with E-state index in [9.17, 15) is 9.59 Å². The SMILES string of the molecule is CCCCNCCCCCCCCCC(=O)C(CCC(C)=O)NC. The molecule has 1 unspecified atom stereocenters. The highest BCUT2D eigenvalue weighted by Gasteiger charge is 2.15. The Kier molecular flexibility index (Phi) is 16.6. The van der Waals surface area contributed by atoms with Gasteiger partial charge in [0.2, 0.25) is 0 Å². The zero-order valence-corrected chi connectivity index (χ0v) is 16.3. The van der Waals surface area contributed by atoms with Gasteiger partial charge in [0, 0.05) is 12.8 Å². The normalized spacial score (nSPS) is 12.3. The molecule has 4 heteroatoms. The Labute approximate surface area is 149 Å². The van der Waals surface area contributed by atoms with E-state index in [-0.39, 0.29) is 17.6 Å². The van der Waals surface area contributed by atoms with Crippen LogP contribution >= 0.6 is 0 Å². The number of Topliss-reactive ketones (excluding diaryl/α,β-unsaturated/α-hetero) is 2. The predicted molar refractivity (Wildman–Crippen MR) is 102 cm³/mol. The quantitative estimate of drug-likeness (QED) is 0.370. The van der Waals surface area contributed by atoms with E-state index in [0.717, 1.165) is 25.9 Å². The lowest BCUT2D eigenvalue weighted by molar-refractivity contribution is -0.121. The summed E-state index contributed by atoms with van der Waals surface area (Å²) < 4.78 is 0. The molecule has 0 aliphatic carbocycles. The Balaban J connectivity index is 3.42. The molecule has 2 N–H and O–H groups in total. The van der Waals surface area contributed by atoms with Gasteiger partial charge in [0.15, 0.2) is 0 Å². The molecule has 0 radical (unpaired) electrons. The second-order valence-corrected chi connectivity index (χ2v) is 6.88. The Hall–Kier alpha value is -0.740. The Morgan fingerprint density at radius 2 is 1.42 bits per heavy atom. The number of unbranched alkanes of at least 4 members (excludes halogenated alkanes) is 7. The first-order valence-corrected chi connectivity index (χ1v) is 10.0. The van der Waals surface area contributed by atoms with E-state index >= 15 is 0 Å². The zero-order chi connectivity index (χ0) is 18.0. The minimum Gasteiger partial charge on any atom is -0.317 e. The summed E-state index contributed by atoms with van der Waals surface area (Å²) in [6.07, 6.45) is 12.8. The van der Waals surface area contributed by atoms with Crippen LogP contribution in [0.15, 0.2) is 0 Å². The molecular weight excluding hydrogens is 300 g/mol. The average Bonchev–Trinajstić information content (AvgIpc) is 2.56. The lowest BCUT2D eigenvalue weighted by atomic mass is 10.00. The van der Waals surface area contributed by atoms with Gasteiger partial charge in [-0.1, -0.05) is 45.4 Å². The Bertz CT molecular complexity index is 319. The van der Waals surface area contributed by atoms with E-state index in [4.69, 9.17) is 0 Å². The molecule has 0 aliphatic heterocycles. The van der Waals surface area contributed by atoms with Crippen molar-refractivity contribution in [1.82, 2.24) is 10.6 Å². The second-order valence-electron chi connectivity index (χ2n) is 6.88. The van der Waals surface area contributed by atoms with Crippen LogP contribution in [0.5, 0.6) is 0 Å². The molecule has 1 atom stereocenters. The third kappa shape index (κ3) is 14.8. The van der Waals surface area contributed by atoms with Crippen molar-refractivity contribution >= 4 is 11.6 Å². The lowest BCUT2D eigenvalue weighted by Crippen LogP contribution is -2.34. The van der Waals surface area contributed by atoms with E-state index in [1.807, 2.05) is 0 Å². The summed E-state index contributed by atoms with van der Waals surface area (Å²) in [5, 5.41) is 6.52. The molecule has 0 aromatic heterocycles. The largest absolute Gasteiger partial charge is 0.317 e. The van der Waals surface area contributed by atoms with Crippen molar-refractivity contribution in [1.29, 1.82) is 0 Å². The fourth-order valence-corrected chi connectivity index (χ4v) is 2.85. The number of hydrogen-bond acceptors (Lipinski definition) is 4. The first-order chi connectivity index (χ1) is 11.6. The second kappa shape index (κ2) is 17.1. The highest BCUT2D eigenvalue weighted by Crippen LogP contribution is 2.10. The summed E-state index contributed by atoms with van der Waals surface area (Å²) in [5.74, 6) is 0.417. The van der Waals surface area contributed by atoms with Crippen LogP contribution < -0.4 is 10.6 Å². The van der Waals surface area contributed by atoms with Crippen molar-refractivity contribution in [2.24, 2.45) is 0 Å². The maximum absolute atomic E-state index is 12.1. The van der Waals surface area contributed by atoms with Gasteiger partial charge in [0.25, 0.3) is 0 Å². The van der Waals surface area contributed by atoms with Crippen LogP contribution in [0.25, 0.3) is 0 Å². The van der Waals surface area contributed by atoms with Crippen LogP contribution in [0.2, 0.25) is 0 Å². The number of carbonyl (C=O) groups is 2. The Morgan fingerprint density at radius 3 is 2.00 bits per heavy atom. The van der Waals surface area contributed by atoms with Gasteiger partial charge in [-0.3, -0.25) is 4.79 Å². The highest BCUT2D eigenvalue weighted by molar-refractivity contribution is 5.85. The minimum atomic E-state index is -0.144. The van der Waals surface area contributed by atoms with Crippen molar-refractivity contribution in [3.05, 3.63) is 0 Å². The minimum absolute atomic E-state index is 0.144. The summed E-state index contributed by atoms with van der Waals surface area (Å²) >= 11 is 0. The van der Waals surface area contributed by atoms with Crippen LogP contribution in [-0.4, -0.2) is 37.7 Å². The van der Waals surface area contributed by atoms with Gasteiger partial charge in [-0.15, -0.1) is 0 Å². The third-order valence-corrected chi connectivity index (χ3v) is 4.51. The molecule has 24 heavy (non-hydrogen) atoms. The molecule has 0 amide bonds. The monoisotopic (exact) mass is 340 g/mol. The number of likely N-dealkylation sites (N-methyl/N-ethyl adjacent to an activating group) is 1. The van der Waals surface area contributed by atoms with E-state index in [2.05, 4.69) is 17.6 Å². The van der Waals surface area contributed by atoms with Gasteiger partial charge < -0.3 is 15.4 Å². The van der Waals surface area contributed by atoms with Gasteiger partial charge in [-0.2, -0.15) is 0 Å². The van der Waals surface area contributed by atoms with Crippen molar-refractivity contribution in [3.63, 3.8) is 0 Å². The van der Waals surface area contributed by atoms with Crippen LogP contribution in [0.1, 0.15) is 90.9 Å². The van der Waals surface area contributed by atoms with E-state index in [0.29, 0.717) is 19.3 Å². The maximum atomic E-state index is 12.1. The standard InChI is InChI=1S/C20H40N2O2/c1-4-5-16-22-17-12-10-8-6-7-9-11-13-20(24)19(21-3)15-14-18(2)23/h19,21-22H,4-17H2,1-3H3. The predicted octanol–water partition coefficient (Wildman–Crippen LogP) is 4.02. The molecule has 0 saturated heterocycles. The van der Waals surface area contributed by atoms with Gasteiger partial charge in [0.1, 0.15) is 11.6 Å². The number of ketones is 2. The molecule has 0 aliphatic rings. The molecule has 0 bridgehead atoms. The molecular formula is C20H40N2O2. The first kappa shape index (κ1) is 23.3. The summed E-state index contributed by atoms with van der Waals surface area (Å²) in [6, 6.07) is -0.144. The number of rotatable bonds is 18. The van der Waals surface area contributed by atoms with Gasteiger partial charge in [-0.05, 0) is 52.7 Å². The van der Waals surface area contributed by atoms with Gasteiger partial charge >= 0.3 is 0 Å². The fraction of sp³-hybridized carbons (Fsp3) is 0.900. The molecule has 142 valence electrons. The van der Waals surface area contributed by atoms with E-state index in [1.54, 1.807) is 14.0 Å². The molecule has 0 spiro atoms. The summed E-state index contributed by atoms with van der Waals surface area (Å²) in [4.78, 5) is 23.1.